The molecule has 1 aliphatic rings. The number of rotatable bonds is 1. The van der Waals surface area contributed by atoms with Gasteiger partial charge in [0.2, 0.25) is 0 Å². The largest absolute Gasteiger partial charge is 0.0656 e. The summed E-state index contributed by atoms with van der Waals surface area (Å²) in [5.74, 6) is 1.04. The molecule has 0 unspecified atom stereocenters. The SMILES string of the molecule is CC1CCCCC1.CCC.CCc1ccccc1.[HH]. The second-order valence-corrected chi connectivity index (χ2v) is 5.29. The molecule has 0 bridgehead atoms. The Kier molecular flexibility index (Phi) is 12.1. The molecule has 0 N–H and O–H groups in total. The zero-order chi connectivity index (χ0) is 13.6. The maximum atomic E-state index is 2.36. The first kappa shape index (κ1) is 17.2. The van der Waals surface area contributed by atoms with E-state index in [4.69, 9.17) is 0 Å². The third kappa shape index (κ3) is 10.4. The van der Waals surface area contributed by atoms with Gasteiger partial charge in [0.25, 0.3) is 0 Å². The summed E-state index contributed by atoms with van der Waals surface area (Å²) < 4.78 is 0. The summed E-state index contributed by atoms with van der Waals surface area (Å²) in [6.45, 7) is 8.77. The van der Waals surface area contributed by atoms with E-state index in [1.165, 1.54) is 44.1 Å². The number of aryl methyl sites for hydroxylation is 1. The van der Waals surface area contributed by atoms with Crippen LogP contribution in [0, 0.1) is 5.92 Å². The van der Waals surface area contributed by atoms with Crippen LogP contribution in [0.4, 0.5) is 0 Å². The van der Waals surface area contributed by atoms with Crippen molar-refractivity contribution in [3.63, 3.8) is 0 Å². The van der Waals surface area contributed by atoms with Crippen LogP contribution in [0.1, 0.15) is 73.2 Å². The summed E-state index contributed by atoms with van der Waals surface area (Å²) >= 11 is 0. The maximum absolute atomic E-state index is 2.36. The van der Waals surface area contributed by atoms with Crippen LogP contribution in [0.15, 0.2) is 30.3 Å². The molecule has 1 aliphatic carbocycles. The summed E-state index contributed by atoms with van der Waals surface area (Å²) in [5, 5.41) is 0. The van der Waals surface area contributed by atoms with E-state index in [9.17, 15) is 0 Å². The molecule has 1 aromatic rings. The average Bonchev–Trinajstić information content (AvgIpc) is 2.42. The molecule has 0 aliphatic heterocycles. The van der Waals surface area contributed by atoms with Gasteiger partial charge in [-0.3, -0.25) is 0 Å². The smallest absolute Gasteiger partial charge is 0 e. The van der Waals surface area contributed by atoms with Crippen LogP contribution in [0.5, 0.6) is 0 Å². The Morgan fingerprint density at radius 2 is 1.44 bits per heavy atom. The van der Waals surface area contributed by atoms with Crippen LogP contribution >= 0.6 is 0 Å². The van der Waals surface area contributed by atoms with Crippen molar-refractivity contribution in [3.8, 4) is 0 Å². The highest BCUT2D eigenvalue weighted by molar-refractivity contribution is 5.13. The van der Waals surface area contributed by atoms with E-state index in [0.717, 1.165) is 12.3 Å². The molecule has 0 heterocycles. The van der Waals surface area contributed by atoms with Crippen molar-refractivity contribution in [3.05, 3.63) is 35.9 Å². The number of hydrogen-bond acceptors (Lipinski definition) is 0. The summed E-state index contributed by atoms with van der Waals surface area (Å²) in [7, 11) is 0. The molecule has 1 fully saturated rings. The highest BCUT2D eigenvalue weighted by atomic mass is 14.1. The third-order valence-electron chi connectivity index (χ3n) is 3.14. The second-order valence-electron chi connectivity index (χ2n) is 5.29. The lowest BCUT2D eigenvalue weighted by atomic mass is 9.91. The van der Waals surface area contributed by atoms with E-state index in [1.54, 1.807) is 0 Å². The summed E-state index contributed by atoms with van der Waals surface area (Å²) in [6, 6.07) is 10.5. The molecule has 0 aromatic heterocycles. The third-order valence-corrected chi connectivity index (χ3v) is 3.14. The first-order valence-corrected chi connectivity index (χ1v) is 7.78. The maximum Gasteiger partial charge on any atom is 0 e. The fraction of sp³-hybridized carbons (Fsp3) is 0.667. The summed E-state index contributed by atoms with van der Waals surface area (Å²) in [6.07, 6.45) is 9.83. The van der Waals surface area contributed by atoms with Gasteiger partial charge in [0.15, 0.2) is 0 Å². The van der Waals surface area contributed by atoms with Crippen LogP contribution < -0.4 is 0 Å². The minimum atomic E-state index is 0. The van der Waals surface area contributed by atoms with E-state index in [1.807, 2.05) is 6.07 Å². The predicted molar refractivity (Wildman–Crippen MR) is 86.1 cm³/mol. The quantitative estimate of drug-likeness (QED) is 0.534. The van der Waals surface area contributed by atoms with Crippen LogP contribution in [0.3, 0.4) is 0 Å². The van der Waals surface area contributed by atoms with Gasteiger partial charge < -0.3 is 0 Å². The minimum absolute atomic E-state index is 0. The zero-order valence-electron chi connectivity index (χ0n) is 12.9. The molecule has 1 saturated carbocycles. The van der Waals surface area contributed by atoms with Crippen molar-refractivity contribution in [2.24, 2.45) is 5.92 Å². The van der Waals surface area contributed by atoms with Crippen LogP contribution in [-0.2, 0) is 6.42 Å². The van der Waals surface area contributed by atoms with Gasteiger partial charge in [-0.05, 0) is 17.9 Å². The Hall–Kier alpha value is -0.780. The van der Waals surface area contributed by atoms with Gasteiger partial charge in [-0.1, -0.05) is 96.6 Å². The highest BCUT2D eigenvalue weighted by Gasteiger charge is 2.05. The van der Waals surface area contributed by atoms with Crippen LogP contribution in [0.25, 0.3) is 0 Å². The van der Waals surface area contributed by atoms with Crippen molar-refractivity contribution in [2.45, 2.75) is 72.6 Å². The van der Waals surface area contributed by atoms with Gasteiger partial charge in [-0.25, -0.2) is 0 Å². The van der Waals surface area contributed by atoms with E-state index in [-0.39, 0.29) is 1.43 Å². The topological polar surface area (TPSA) is 0 Å². The number of benzene rings is 1. The Bertz CT molecular complexity index is 250. The fourth-order valence-corrected chi connectivity index (χ4v) is 2.02. The molecule has 1 aromatic carbocycles. The summed E-state index contributed by atoms with van der Waals surface area (Å²) in [4.78, 5) is 0. The minimum Gasteiger partial charge on any atom is -0.0656 e. The molecular weight excluding hydrogens is 216 g/mol. The molecule has 0 amide bonds. The average molecular weight is 250 g/mol. The van der Waals surface area contributed by atoms with Crippen molar-refractivity contribution in [1.29, 1.82) is 0 Å². The summed E-state index contributed by atoms with van der Waals surface area (Å²) in [5.41, 5.74) is 1.41. The first-order valence-electron chi connectivity index (χ1n) is 7.78. The molecule has 0 heteroatoms. The standard InChI is InChI=1S/C8H10.C7H14.C3H8.H2/c1-2-8-6-4-3-5-7-8;1-7-5-3-2-4-6-7;1-3-2;/h3-7H,2H2,1H3;7H,2-6H2,1H3;3H2,1-2H3;1H. The van der Waals surface area contributed by atoms with Gasteiger partial charge in [-0.2, -0.15) is 0 Å². The van der Waals surface area contributed by atoms with E-state index >= 15 is 0 Å². The molecular formula is C18H34. The van der Waals surface area contributed by atoms with Crippen LogP contribution in [0.2, 0.25) is 0 Å². The van der Waals surface area contributed by atoms with Crippen molar-refractivity contribution < 1.29 is 1.43 Å². The normalized spacial score (nSPS) is 14.9. The Balaban J connectivity index is 0. The van der Waals surface area contributed by atoms with Crippen molar-refractivity contribution in [1.82, 2.24) is 0 Å². The number of hydrogen-bond donors (Lipinski definition) is 0. The molecule has 18 heavy (non-hydrogen) atoms. The molecule has 0 nitrogen and oxygen atoms in total. The predicted octanol–water partition coefficient (Wildman–Crippen LogP) is 6.50. The lowest BCUT2D eigenvalue weighted by Crippen LogP contribution is -1.99. The van der Waals surface area contributed by atoms with Gasteiger partial charge in [0.05, 0.1) is 0 Å². The Morgan fingerprint density at radius 3 is 1.72 bits per heavy atom. The molecule has 0 atom stereocenters. The van der Waals surface area contributed by atoms with Crippen molar-refractivity contribution in [2.75, 3.05) is 0 Å². The lowest BCUT2D eigenvalue weighted by molar-refractivity contribution is 0.385. The van der Waals surface area contributed by atoms with Gasteiger partial charge in [0, 0.05) is 1.43 Å². The molecule has 0 saturated heterocycles. The highest BCUT2D eigenvalue weighted by Crippen LogP contribution is 2.22. The van der Waals surface area contributed by atoms with Crippen molar-refractivity contribution >= 4 is 0 Å². The van der Waals surface area contributed by atoms with E-state index < -0.39 is 0 Å². The van der Waals surface area contributed by atoms with Crippen LogP contribution in [-0.4, -0.2) is 0 Å². The zero-order valence-corrected chi connectivity index (χ0v) is 12.9. The Morgan fingerprint density at radius 1 is 0.944 bits per heavy atom. The van der Waals surface area contributed by atoms with Gasteiger partial charge in [-0.15, -0.1) is 0 Å². The Labute approximate surface area is 116 Å². The van der Waals surface area contributed by atoms with Gasteiger partial charge >= 0.3 is 0 Å². The molecule has 106 valence electrons. The van der Waals surface area contributed by atoms with Gasteiger partial charge in [0.1, 0.15) is 0 Å². The van der Waals surface area contributed by atoms with E-state index in [0.29, 0.717) is 0 Å². The molecule has 2 rings (SSSR count). The first-order chi connectivity index (χ1) is 8.74. The molecule has 0 spiro atoms. The van der Waals surface area contributed by atoms with E-state index in [2.05, 4.69) is 52.0 Å². The molecule has 0 radical (unpaired) electrons. The fourth-order valence-electron chi connectivity index (χ4n) is 2.02. The monoisotopic (exact) mass is 250 g/mol. The second kappa shape index (κ2) is 12.7. The lowest BCUT2D eigenvalue weighted by Gasteiger charge is -2.15.